The molecule has 2 aromatic rings. The van der Waals surface area contributed by atoms with Crippen LogP contribution in [0.4, 0.5) is 0 Å². The van der Waals surface area contributed by atoms with E-state index in [4.69, 9.17) is 13.9 Å². The predicted octanol–water partition coefficient (Wildman–Crippen LogP) is 2.71. The van der Waals surface area contributed by atoms with Gasteiger partial charge < -0.3 is 13.9 Å². The largest absolute Gasteiger partial charge is 0.493 e. The number of carbonyl (C=O) groups excluding carboxylic acids is 1. The Kier molecular flexibility index (Phi) is 3.41. The minimum absolute atomic E-state index is 0.163. The second-order valence-corrected chi connectivity index (χ2v) is 4.73. The zero-order chi connectivity index (χ0) is 13.9. The van der Waals surface area contributed by atoms with Gasteiger partial charge in [-0.2, -0.15) is 0 Å². The first-order valence-electron chi connectivity index (χ1n) is 6.54. The van der Waals surface area contributed by atoms with E-state index < -0.39 is 5.97 Å². The standard InChI is InChI=1S/C15H15NO4/c1-10-14(16-9-20-10)15(17)19-8-11-6-7-18-13-5-3-2-4-12(11)13/h2-5,9,11H,6-8H2,1H3/t11-/m0/s1. The van der Waals surface area contributed by atoms with Crippen LogP contribution in [-0.2, 0) is 4.74 Å². The van der Waals surface area contributed by atoms with Crippen LogP contribution in [0.2, 0.25) is 0 Å². The van der Waals surface area contributed by atoms with Gasteiger partial charge in [-0.15, -0.1) is 0 Å². The van der Waals surface area contributed by atoms with Gasteiger partial charge in [-0.25, -0.2) is 9.78 Å². The zero-order valence-corrected chi connectivity index (χ0v) is 11.2. The van der Waals surface area contributed by atoms with Crippen LogP contribution in [0, 0.1) is 6.92 Å². The highest BCUT2D eigenvalue weighted by Crippen LogP contribution is 2.33. The van der Waals surface area contributed by atoms with Gasteiger partial charge in [0.1, 0.15) is 11.5 Å². The molecule has 3 rings (SSSR count). The second-order valence-electron chi connectivity index (χ2n) is 4.73. The number of esters is 1. The van der Waals surface area contributed by atoms with E-state index in [1.807, 2.05) is 24.3 Å². The first-order valence-corrected chi connectivity index (χ1v) is 6.54. The summed E-state index contributed by atoms with van der Waals surface area (Å²) < 4.78 is 15.9. The van der Waals surface area contributed by atoms with Crippen LogP contribution in [0.5, 0.6) is 5.75 Å². The number of benzene rings is 1. The molecule has 0 aliphatic carbocycles. The van der Waals surface area contributed by atoms with Crippen molar-refractivity contribution in [3.8, 4) is 5.75 Å². The molecule has 1 aromatic carbocycles. The fourth-order valence-electron chi connectivity index (χ4n) is 2.33. The molecule has 0 radical (unpaired) electrons. The van der Waals surface area contributed by atoms with E-state index in [-0.39, 0.29) is 11.6 Å². The van der Waals surface area contributed by atoms with Crippen molar-refractivity contribution in [3.05, 3.63) is 47.7 Å². The number of fused-ring (bicyclic) bond motifs is 1. The lowest BCUT2D eigenvalue weighted by Crippen LogP contribution is -2.20. The van der Waals surface area contributed by atoms with Crippen LogP contribution in [0.25, 0.3) is 0 Å². The van der Waals surface area contributed by atoms with Crippen LogP contribution in [-0.4, -0.2) is 24.2 Å². The summed E-state index contributed by atoms with van der Waals surface area (Å²) in [7, 11) is 0. The Morgan fingerprint density at radius 3 is 3.10 bits per heavy atom. The number of ether oxygens (including phenoxy) is 2. The van der Waals surface area contributed by atoms with E-state index in [0.29, 0.717) is 19.0 Å². The molecule has 0 spiro atoms. The van der Waals surface area contributed by atoms with Crippen molar-refractivity contribution in [1.29, 1.82) is 0 Å². The molecule has 1 aromatic heterocycles. The van der Waals surface area contributed by atoms with Crippen LogP contribution < -0.4 is 4.74 Å². The van der Waals surface area contributed by atoms with Gasteiger partial charge in [0.05, 0.1) is 13.2 Å². The lowest BCUT2D eigenvalue weighted by Gasteiger charge is -2.25. The SMILES string of the molecule is Cc1ocnc1C(=O)OC[C@@H]1CCOc2ccccc21. The van der Waals surface area contributed by atoms with Crippen molar-refractivity contribution in [2.24, 2.45) is 0 Å². The summed E-state index contributed by atoms with van der Waals surface area (Å²) >= 11 is 0. The molecule has 0 fully saturated rings. The molecule has 0 bridgehead atoms. The third kappa shape index (κ3) is 2.39. The van der Waals surface area contributed by atoms with Gasteiger partial charge in [0.15, 0.2) is 12.1 Å². The van der Waals surface area contributed by atoms with Crippen molar-refractivity contribution >= 4 is 5.97 Å². The van der Waals surface area contributed by atoms with Crippen LogP contribution in [0.15, 0.2) is 35.1 Å². The summed E-state index contributed by atoms with van der Waals surface area (Å²) in [5.74, 6) is 1.07. The number of oxazole rings is 1. The van der Waals surface area contributed by atoms with Crippen LogP contribution in [0.3, 0.4) is 0 Å². The highest BCUT2D eigenvalue weighted by molar-refractivity contribution is 5.88. The van der Waals surface area contributed by atoms with Crippen molar-refractivity contribution in [1.82, 2.24) is 4.98 Å². The summed E-state index contributed by atoms with van der Waals surface area (Å²) in [6.45, 7) is 2.65. The first kappa shape index (κ1) is 12.7. The van der Waals surface area contributed by atoms with Gasteiger partial charge >= 0.3 is 5.97 Å². The first-order chi connectivity index (χ1) is 9.75. The third-order valence-electron chi connectivity index (χ3n) is 3.44. The van der Waals surface area contributed by atoms with E-state index in [1.165, 1.54) is 6.39 Å². The molecule has 1 atom stereocenters. The number of carbonyl (C=O) groups is 1. The van der Waals surface area contributed by atoms with Crippen molar-refractivity contribution in [2.45, 2.75) is 19.3 Å². The normalized spacial score (nSPS) is 17.1. The Balaban J connectivity index is 1.68. The maximum atomic E-state index is 11.9. The lowest BCUT2D eigenvalue weighted by molar-refractivity contribution is 0.0451. The average Bonchev–Trinajstić information content (AvgIpc) is 2.91. The maximum absolute atomic E-state index is 11.9. The van der Waals surface area contributed by atoms with Gasteiger partial charge in [-0.1, -0.05) is 18.2 Å². The molecular weight excluding hydrogens is 258 g/mol. The van der Waals surface area contributed by atoms with E-state index in [9.17, 15) is 4.79 Å². The number of aryl methyl sites for hydroxylation is 1. The highest BCUT2D eigenvalue weighted by atomic mass is 16.5. The van der Waals surface area contributed by atoms with Gasteiger partial charge in [0, 0.05) is 11.5 Å². The smallest absolute Gasteiger partial charge is 0.360 e. The molecule has 2 heterocycles. The summed E-state index contributed by atoms with van der Waals surface area (Å²) in [6, 6.07) is 7.84. The summed E-state index contributed by atoms with van der Waals surface area (Å²) in [5, 5.41) is 0. The summed E-state index contributed by atoms with van der Waals surface area (Å²) in [5.41, 5.74) is 1.33. The summed E-state index contributed by atoms with van der Waals surface area (Å²) in [6.07, 6.45) is 2.08. The minimum Gasteiger partial charge on any atom is -0.493 e. The Morgan fingerprint density at radius 2 is 2.30 bits per heavy atom. The van der Waals surface area contributed by atoms with E-state index >= 15 is 0 Å². The average molecular weight is 273 g/mol. The van der Waals surface area contributed by atoms with Gasteiger partial charge in [-0.05, 0) is 19.4 Å². The topological polar surface area (TPSA) is 61.6 Å². The second kappa shape index (κ2) is 5.36. The lowest BCUT2D eigenvalue weighted by atomic mass is 9.94. The molecule has 1 aliphatic heterocycles. The molecule has 0 amide bonds. The molecular formula is C15H15NO4. The Labute approximate surface area is 116 Å². The number of hydrogen-bond acceptors (Lipinski definition) is 5. The Morgan fingerprint density at radius 1 is 1.45 bits per heavy atom. The quantitative estimate of drug-likeness (QED) is 0.805. The Bertz CT molecular complexity index is 620. The molecule has 0 saturated heterocycles. The van der Waals surface area contributed by atoms with Crippen molar-refractivity contribution < 1.29 is 18.7 Å². The Hall–Kier alpha value is -2.30. The van der Waals surface area contributed by atoms with Gasteiger partial charge in [0.2, 0.25) is 0 Å². The minimum atomic E-state index is -0.444. The molecule has 1 aliphatic rings. The van der Waals surface area contributed by atoms with E-state index in [1.54, 1.807) is 6.92 Å². The van der Waals surface area contributed by atoms with Gasteiger partial charge in [-0.3, -0.25) is 0 Å². The number of aromatic nitrogens is 1. The molecule has 5 heteroatoms. The fourth-order valence-corrected chi connectivity index (χ4v) is 2.33. The highest BCUT2D eigenvalue weighted by Gasteiger charge is 2.23. The maximum Gasteiger partial charge on any atom is 0.360 e. The molecule has 104 valence electrons. The van der Waals surface area contributed by atoms with Crippen molar-refractivity contribution in [3.63, 3.8) is 0 Å². The summed E-state index contributed by atoms with van der Waals surface area (Å²) in [4.78, 5) is 15.8. The molecule has 5 nitrogen and oxygen atoms in total. The molecule has 0 N–H and O–H groups in total. The van der Waals surface area contributed by atoms with Crippen molar-refractivity contribution in [2.75, 3.05) is 13.2 Å². The number of para-hydroxylation sites is 1. The van der Waals surface area contributed by atoms with E-state index in [0.717, 1.165) is 17.7 Å². The van der Waals surface area contributed by atoms with Crippen LogP contribution in [0.1, 0.15) is 34.2 Å². The molecule has 20 heavy (non-hydrogen) atoms. The zero-order valence-electron chi connectivity index (χ0n) is 11.2. The fraction of sp³-hybridized carbons (Fsp3) is 0.333. The number of rotatable bonds is 3. The van der Waals surface area contributed by atoms with Gasteiger partial charge in [0.25, 0.3) is 0 Å². The molecule has 0 unspecified atom stereocenters. The predicted molar refractivity (Wildman–Crippen MR) is 70.8 cm³/mol. The number of nitrogens with zero attached hydrogens (tertiary/aromatic N) is 1. The third-order valence-corrected chi connectivity index (χ3v) is 3.44. The number of hydrogen-bond donors (Lipinski definition) is 0. The van der Waals surface area contributed by atoms with Crippen LogP contribution >= 0.6 is 0 Å². The van der Waals surface area contributed by atoms with E-state index in [2.05, 4.69) is 4.98 Å². The monoisotopic (exact) mass is 273 g/mol. The molecule has 0 saturated carbocycles.